The zero-order chi connectivity index (χ0) is 12.4. The van der Waals surface area contributed by atoms with Gasteiger partial charge in [0.25, 0.3) is 0 Å². The van der Waals surface area contributed by atoms with Gasteiger partial charge in [-0.1, -0.05) is 13.0 Å². The maximum absolute atomic E-state index is 11.0. The third kappa shape index (κ3) is 7.00. The Bertz CT molecular complexity index is 262. The van der Waals surface area contributed by atoms with Gasteiger partial charge < -0.3 is 15.7 Å². The van der Waals surface area contributed by atoms with E-state index in [1.54, 1.807) is 13.0 Å². The highest BCUT2D eigenvalue weighted by Gasteiger charge is 2.02. The molecule has 0 radical (unpaired) electrons. The van der Waals surface area contributed by atoms with Crippen LogP contribution in [0.3, 0.4) is 0 Å². The minimum atomic E-state index is -0.881. The van der Waals surface area contributed by atoms with Gasteiger partial charge in [0.05, 0.1) is 0 Å². The topological polar surface area (TPSA) is 78.4 Å². The van der Waals surface area contributed by atoms with Crippen molar-refractivity contribution in [2.24, 2.45) is 0 Å². The first kappa shape index (κ1) is 14.6. The first-order chi connectivity index (χ1) is 7.61. The highest BCUT2D eigenvalue weighted by molar-refractivity contribution is 5.86. The van der Waals surface area contributed by atoms with Crippen LogP contribution in [0, 0.1) is 0 Å². The molecule has 0 aliphatic rings. The molecule has 0 bridgehead atoms. The number of carbonyl (C=O) groups excluding carboxylic acids is 1. The van der Waals surface area contributed by atoms with Crippen LogP contribution in [0.1, 0.15) is 26.7 Å². The minimum absolute atomic E-state index is 0.00734. The van der Waals surface area contributed by atoms with E-state index in [9.17, 15) is 9.59 Å². The summed E-state index contributed by atoms with van der Waals surface area (Å²) in [6, 6.07) is 0. The van der Waals surface area contributed by atoms with Crippen molar-refractivity contribution in [3.63, 3.8) is 0 Å². The van der Waals surface area contributed by atoms with Gasteiger partial charge in [-0.2, -0.15) is 0 Å². The van der Waals surface area contributed by atoms with E-state index in [2.05, 4.69) is 10.6 Å². The SMILES string of the molecule is CCNC(=O)CCNC/C=C(/CC)C(=O)O. The fraction of sp³-hybridized carbons (Fsp3) is 0.636. The first-order valence-corrected chi connectivity index (χ1v) is 5.51. The molecule has 0 aromatic heterocycles. The van der Waals surface area contributed by atoms with Crippen LogP contribution in [0.25, 0.3) is 0 Å². The summed E-state index contributed by atoms with van der Waals surface area (Å²) in [5, 5.41) is 14.4. The zero-order valence-corrected chi connectivity index (χ0v) is 9.88. The van der Waals surface area contributed by atoms with Gasteiger partial charge in [-0.25, -0.2) is 4.79 Å². The molecule has 0 fully saturated rings. The molecule has 0 aliphatic heterocycles. The van der Waals surface area contributed by atoms with E-state index in [1.165, 1.54) is 0 Å². The molecule has 0 aliphatic carbocycles. The molecule has 5 heteroatoms. The average molecular weight is 228 g/mol. The Morgan fingerprint density at radius 3 is 2.50 bits per heavy atom. The predicted octanol–water partition coefficient (Wildman–Crippen LogP) is 0.523. The third-order valence-electron chi connectivity index (χ3n) is 2.05. The highest BCUT2D eigenvalue weighted by Crippen LogP contribution is 1.98. The highest BCUT2D eigenvalue weighted by atomic mass is 16.4. The van der Waals surface area contributed by atoms with E-state index in [0.29, 0.717) is 38.0 Å². The van der Waals surface area contributed by atoms with Gasteiger partial charge in [0.1, 0.15) is 0 Å². The van der Waals surface area contributed by atoms with Crippen molar-refractivity contribution in [1.29, 1.82) is 0 Å². The molecule has 92 valence electrons. The van der Waals surface area contributed by atoms with Crippen LogP contribution in [0.2, 0.25) is 0 Å². The van der Waals surface area contributed by atoms with Crippen molar-refractivity contribution in [1.82, 2.24) is 10.6 Å². The summed E-state index contributed by atoms with van der Waals surface area (Å²) in [7, 11) is 0. The van der Waals surface area contributed by atoms with Crippen molar-refractivity contribution in [2.45, 2.75) is 26.7 Å². The Kier molecular flexibility index (Phi) is 8.15. The standard InChI is InChI=1S/C11H20N2O3/c1-3-9(11(15)16)5-7-12-8-6-10(14)13-4-2/h5,12H,3-4,6-8H2,1-2H3,(H,13,14)(H,15,16)/b9-5-. The molecule has 16 heavy (non-hydrogen) atoms. The van der Waals surface area contributed by atoms with Crippen LogP contribution in [0.4, 0.5) is 0 Å². The number of carboxylic acids is 1. The van der Waals surface area contributed by atoms with E-state index in [4.69, 9.17) is 5.11 Å². The van der Waals surface area contributed by atoms with Crippen molar-refractivity contribution in [3.05, 3.63) is 11.6 Å². The molecule has 3 N–H and O–H groups in total. The Morgan fingerprint density at radius 2 is 2.00 bits per heavy atom. The first-order valence-electron chi connectivity index (χ1n) is 5.51. The van der Waals surface area contributed by atoms with Crippen LogP contribution in [0.5, 0.6) is 0 Å². The summed E-state index contributed by atoms with van der Waals surface area (Å²) < 4.78 is 0. The van der Waals surface area contributed by atoms with Gasteiger partial charge >= 0.3 is 5.97 Å². The second kappa shape index (κ2) is 8.91. The van der Waals surface area contributed by atoms with Crippen LogP contribution in [-0.4, -0.2) is 36.6 Å². The van der Waals surface area contributed by atoms with Gasteiger partial charge in [0.15, 0.2) is 0 Å². The zero-order valence-electron chi connectivity index (χ0n) is 9.88. The Balaban J connectivity index is 3.66. The molecule has 0 heterocycles. The number of rotatable bonds is 8. The third-order valence-corrected chi connectivity index (χ3v) is 2.05. The summed E-state index contributed by atoms with van der Waals surface area (Å²) >= 11 is 0. The quantitative estimate of drug-likeness (QED) is 0.418. The van der Waals surface area contributed by atoms with E-state index in [0.717, 1.165) is 0 Å². The molecule has 5 nitrogen and oxygen atoms in total. The largest absolute Gasteiger partial charge is 0.478 e. The number of carbonyl (C=O) groups is 2. The molecule has 0 unspecified atom stereocenters. The molecule has 0 saturated carbocycles. The van der Waals surface area contributed by atoms with E-state index in [-0.39, 0.29) is 5.91 Å². The van der Waals surface area contributed by atoms with Gasteiger partial charge in [0.2, 0.25) is 5.91 Å². The van der Waals surface area contributed by atoms with Gasteiger partial charge in [-0.3, -0.25) is 4.79 Å². The minimum Gasteiger partial charge on any atom is -0.478 e. The molecular formula is C11H20N2O3. The van der Waals surface area contributed by atoms with Crippen LogP contribution in [0.15, 0.2) is 11.6 Å². The van der Waals surface area contributed by atoms with Crippen LogP contribution >= 0.6 is 0 Å². The predicted molar refractivity (Wildman–Crippen MR) is 62.2 cm³/mol. The Morgan fingerprint density at radius 1 is 1.31 bits per heavy atom. The van der Waals surface area contributed by atoms with Crippen molar-refractivity contribution >= 4 is 11.9 Å². The van der Waals surface area contributed by atoms with Gasteiger partial charge in [-0.15, -0.1) is 0 Å². The van der Waals surface area contributed by atoms with E-state index >= 15 is 0 Å². The molecule has 0 atom stereocenters. The lowest BCUT2D eigenvalue weighted by Gasteiger charge is -2.03. The van der Waals surface area contributed by atoms with Gasteiger partial charge in [0, 0.05) is 31.6 Å². The summed E-state index contributed by atoms with van der Waals surface area (Å²) in [6.07, 6.45) is 2.56. The van der Waals surface area contributed by atoms with E-state index < -0.39 is 5.97 Å². The second-order valence-electron chi connectivity index (χ2n) is 3.30. The van der Waals surface area contributed by atoms with E-state index in [1.807, 2.05) is 6.92 Å². The molecule has 0 aromatic rings. The molecule has 0 spiro atoms. The molecule has 0 saturated heterocycles. The van der Waals surface area contributed by atoms with Crippen molar-refractivity contribution in [3.8, 4) is 0 Å². The lowest BCUT2D eigenvalue weighted by atomic mass is 10.2. The smallest absolute Gasteiger partial charge is 0.331 e. The fourth-order valence-corrected chi connectivity index (χ4v) is 1.17. The Hall–Kier alpha value is -1.36. The molecular weight excluding hydrogens is 208 g/mol. The lowest BCUT2D eigenvalue weighted by molar-refractivity contribution is -0.132. The summed E-state index contributed by atoms with van der Waals surface area (Å²) in [5.41, 5.74) is 0.394. The number of amides is 1. The second-order valence-corrected chi connectivity index (χ2v) is 3.30. The lowest BCUT2D eigenvalue weighted by Crippen LogP contribution is -2.27. The van der Waals surface area contributed by atoms with Crippen molar-refractivity contribution in [2.75, 3.05) is 19.6 Å². The normalized spacial score (nSPS) is 11.2. The van der Waals surface area contributed by atoms with Gasteiger partial charge in [-0.05, 0) is 13.3 Å². The molecule has 1 amide bonds. The fourth-order valence-electron chi connectivity index (χ4n) is 1.17. The average Bonchev–Trinajstić information content (AvgIpc) is 2.23. The number of nitrogens with one attached hydrogen (secondary N) is 2. The molecule has 0 rings (SSSR count). The summed E-state index contributed by atoms with van der Waals surface area (Å²) in [4.78, 5) is 21.7. The van der Waals surface area contributed by atoms with Crippen LogP contribution in [-0.2, 0) is 9.59 Å². The maximum atomic E-state index is 11.0. The number of aliphatic carboxylic acids is 1. The van der Waals surface area contributed by atoms with Crippen molar-refractivity contribution < 1.29 is 14.7 Å². The summed E-state index contributed by atoms with van der Waals surface area (Å²) in [5.74, 6) is -0.874. The number of hydrogen-bond acceptors (Lipinski definition) is 3. The molecule has 0 aromatic carbocycles. The summed E-state index contributed by atoms with van der Waals surface area (Å²) in [6.45, 7) is 5.34. The monoisotopic (exact) mass is 228 g/mol. The van der Waals surface area contributed by atoms with Crippen LogP contribution < -0.4 is 10.6 Å². The maximum Gasteiger partial charge on any atom is 0.331 e. The number of hydrogen-bond donors (Lipinski definition) is 3. The Labute approximate surface area is 95.9 Å². The number of carboxylic acid groups (broad SMARTS) is 1.